The SMILES string of the molecule is CCN1CCN(C2CNC2)CC1.Cl.Cl.Cl. The number of hydrogen-bond acceptors (Lipinski definition) is 3. The second-order valence-electron chi connectivity index (χ2n) is 3.78. The normalized spacial score (nSPS) is 23.0. The Hall–Kier alpha value is 0.750. The lowest BCUT2D eigenvalue weighted by Gasteiger charge is -2.43. The van der Waals surface area contributed by atoms with E-state index in [-0.39, 0.29) is 37.2 Å². The van der Waals surface area contributed by atoms with Gasteiger partial charge in [0.15, 0.2) is 0 Å². The molecule has 2 aliphatic rings. The Kier molecular flexibility index (Phi) is 10.7. The van der Waals surface area contributed by atoms with Crippen molar-refractivity contribution in [2.24, 2.45) is 0 Å². The van der Waals surface area contributed by atoms with Gasteiger partial charge in [0.05, 0.1) is 0 Å². The number of halogens is 3. The van der Waals surface area contributed by atoms with Crippen molar-refractivity contribution in [3.05, 3.63) is 0 Å². The lowest BCUT2D eigenvalue weighted by atomic mass is 10.1. The fourth-order valence-electron chi connectivity index (χ4n) is 1.98. The molecule has 2 fully saturated rings. The van der Waals surface area contributed by atoms with Crippen molar-refractivity contribution in [1.29, 1.82) is 0 Å². The second-order valence-corrected chi connectivity index (χ2v) is 3.78. The zero-order valence-electron chi connectivity index (χ0n) is 9.15. The fraction of sp³-hybridized carbons (Fsp3) is 1.00. The van der Waals surface area contributed by atoms with Crippen LogP contribution in [-0.4, -0.2) is 61.7 Å². The lowest BCUT2D eigenvalue weighted by molar-refractivity contribution is 0.0754. The average Bonchev–Trinajstić information content (AvgIpc) is 2.03. The second kappa shape index (κ2) is 8.85. The third-order valence-corrected chi connectivity index (χ3v) is 3.13. The van der Waals surface area contributed by atoms with Crippen molar-refractivity contribution in [2.45, 2.75) is 13.0 Å². The molecule has 0 unspecified atom stereocenters. The van der Waals surface area contributed by atoms with Crippen LogP contribution in [0, 0.1) is 0 Å². The molecule has 2 aliphatic heterocycles. The van der Waals surface area contributed by atoms with Gasteiger partial charge in [0.25, 0.3) is 0 Å². The Morgan fingerprint density at radius 1 is 1.00 bits per heavy atom. The van der Waals surface area contributed by atoms with Crippen molar-refractivity contribution in [3.63, 3.8) is 0 Å². The molecule has 2 heterocycles. The summed E-state index contributed by atoms with van der Waals surface area (Å²) in [6.07, 6.45) is 0. The predicted molar refractivity (Wildman–Crippen MR) is 72.1 cm³/mol. The summed E-state index contributed by atoms with van der Waals surface area (Å²) < 4.78 is 0. The van der Waals surface area contributed by atoms with Crippen molar-refractivity contribution in [3.8, 4) is 0 Å². The zero-order chi connectivity index (χ0) is 8.39. The van der Waals surface area contributed by atoms with Crippen LogP contribution in [-0.2, 0) is 0 Å². The van der Waals surface area contributed by atoms with Crippen LogP contribution in [0.5, 0.6) is 0 Å². The van der Waals surface area contributed by atoms with E-state index in [1.807, 2.05) is 0 Å². The fourth-order valence-corrected chi connectivity index (χ4v) is 1.98. The summed E-state index contributed by atoms with van der Waals surface area (Å²) in [5.41, 5.74) is 0. The Morgan fingerprint density at radius 2 is 1.53 bits per heavy atom. The highest BCUT2D eigenvalue weighted by molar-refractivity contribution is 5.86. The Labute approximate surface area is 111 Å². The van der Waals surface area contributed by atoms with Crippen molar-refractivity contribution >= 4 is 37.2 Å². The van der Waals surface area contributed by atoms with Gasteiger partial charge < -0.3 is 10.2 Å². The summed E-state index contributed by atoms with van der Waals surface area (Å²) in [6, 6.07) is 0.851. The van der Waals surface area contributed by atoms with Crippen molar-refractivity contribution in [2.75, 3.05) is 45.8 Å². The van der Waals surface area contributed by atoms with Crippen LogP contribution in [0.4, 0.5) is 0 Å². The van der Waals surface area contributed by atoms with Crippen LogP contribution in [0.1, 0.15) is 6.92 Å². The average molecular weight is 279 g/mol. The van der Waals surface area contributed by atoms with Crippen LogP contribution in [0.3, 0.4) is 0 Å². The maximum atomic E-state index is 3.33. The molecule has 94 valence electrons. The van der Waals surface area contributed by atoms with Crippen LogP contribution in [0.2, 0.25) is 0 Å². The molecule has 6 heteroatoms. The maximum Gasteiger partial charge on any atom is 0.0346 e. The molecule has 2 rings (SSSR count). The lowest BCUT2D eigenvalue weighted by Crippen LogP contribution is -2.61. The number of hydrogen-bond donors (Lipinski definition) is 1. The molecule has 0 aromatic rings. The van der Waals surface area contributed by atoms with E-state index in [2.05, 4.69) is 22.0 Å². The van der Waals surface area contributed by atoms with Gasteiger partial charge in [-0.3, -0.25) is 4.90 Å². The minimum absolute atomic E-state index is 0. The third-order valence-electron chi connectivity index (χ3n) is 3.13. The molecule has 0 bridgehead atoms. The highest BCUT2D eigenvalue weighted by Gasteiger charge is 2.26. The minimum Gasteiger partial charge on any atom is -0.314 e. The molecule has 0 aromatic carbocycles. The summed E-state index contributed by atoms with van der Waals surface area (Å²) >= 11 is 0. The van der Waals surface area contributed by atoms with Gasteiger partial charge in [0, 0.05) is 45.3 Å². The first-order valence-corrected chi connectivity index (χ1v) is 5.07. The molecule has 0 saturated carbocycles. The smallest absolute Gasteiger partial charge is 0.0346 e. The predicted octanol–water partition coefficient (Wildman–Crippen LogP) is 0.861. The highest BCUT2D eigenvalue weighted by atomic mass is 35.5. The standard InChI is InChI=1S/C9H19N3.3ClH/c1-2-11-3-5-12(6-4-11)9-7-10-8-9;;;/h9-10H,2-8H2,1H3;3*1H. The van der Waals surface area contributed by atoms with E-state index in [1.165, 1.54) is 45.8 Å². The van der Waals surface area contributed by atoms with E-state index >= 15 is 0 Å². The maximum absolute atomic E-state index is 3.33. The zero-order valence-corrected chi connectivity index (χ0v) is 11.6. The molecule has 0 radical (unpaired) electrons. The molecule has 3 nitrogen and oxygen atoms in total. The molecular formula is C9H22Cl3N3. The van der Waals surface area contributed by atoms with Crippen LogP contribution >= 0.6 is 37.2 Å². The summed E-state index contributed by atoms with van der Waals surface area (Å²) in [6.45, 7) is 11.0. The third kappa shape index (κ3) is 4.63. The van der Waals surface area contributed by atoms with E-state index in [9.17, 15) is 0 Å². The van der Waals surface area contributed by atoms with E-state index in [0.29, 0.717) is 0 Å². The first kappa shape index (κ1) is 18.1. The highest BCUT2D eigenvalue weighted by Crippen LogP contribution is 2.08. The van der Waals surface area contributed by atoms with Crippen LogP contribution < -0.4 is 5.32 Å². The van der Waals surface area contributed by atoms with Crippen molar-refractivity contribution in [1.82, 2.24) is 15.1 Å². The van der Waals surface area contributed by atoms with Gasteiger partial charge in [-0.25, -0.2) is 0 Å². The van der Waals surface area contributed by atoms with Crippen LogP contribution in [0.25, 0.3) is 0 Å². The molecule has 0 amide bonds. The molecule has 15 heavy (non-hydrogen) atoms. The summed E-state index contributed by atoms with van der Waals surface area (Å²) in [5.74, 6) is 0. The largest absolute Gasteiger partial charge is 0.314 e. The monoisotopic (exact) mass is 277 g/mol. The number of piperazine rings is 1. The Morgan fingerprint density at radius 3 is 1.87 bits per heavy atom. The first-order valence-electron chi connectivity index (χ1n) is 5.07. The van der Waals surface area contributed by atoms with Crippen LogP contribution in [0.15, 0.2) is 0 Å². The molecule has 0 aromatic heterocycles. The van der Waals surface area contributed by atoms with Gasteiger partial charge in [0.2, 0.25) is 0 Å². The molecule has 0 spiro atoms. The van der Waals surface area contributed by atoms with E-state index in [4.69, 9.17) is 0 Å². The Balaban J connectivity index is 0. The molecule has 2 saturated heterocycles. The minimum atomic E-state index is 0. The summed E-state index contributed by atoms with van der Waals surface area (Å²) in [5, 5.41) is 3.33. The van der Waals surface area contributed by atoms with E-state index < -0.39 is 0 Å². The summed E-state index contributed by atoms with van der Waals surface area (Å²) in [4.78, 5) is 5.16. The van der Waals surface area contributed by atoms with Gasteiger partial charge in [0.1, 0.15) is 0 Å². The number of nitrogens with one attached hydrogen (secondary N) is 1. The number of rotatable bonds is 2. The molecular weight excluding hydrogens is 256 g/mol. The molecule has 0 aliphatic carbocycles. The van der Waals surface area contributed by atoms with Gasteiger partial charge in [-0.2, -0.15) is 0 Å². The number of nitrogens with zero attached hydrogens (tertiary/aromatic N) is 2. The Bertz CT molecular complexity index is 148. The van der Waals surface area contributed by atoms with E-state index in [0.717, 1.165) is 6.04 Å². The first-order chi connectivity index (χ1) is 5.90. The summed E-state index contributed by atoms with van der Waals surface area (Å²) in [7, 11) is 0. The quantitative estimate of drug-likeness (QED) is 0.808. The topological polar surface area (TPSA) is 18.5 Å². The molecule has 0 atom stereocenters. The number of likely N-dealkylation sites (N-methyl/N-ethyl adjacent to an activating group) is 1. The van der Waals surface area contributed by atoms with Gasteiger partial charge >= 0.3 is 0 Å². The van der Waals surface area contributed by atoms with E-state index in [1.54, 1.807) is 0 Å². The van der Waals surface area contributed by atoms with Gasteiger partial charge in [-0.1, -0.05) is 6.92 Å². The molecule has 1 N–H and O–H groups in total. The van der Waals surface area contributed by atoms with Gasteiger partial charge in [-0.05, 0) is 6.54 Å². The van der Waals surface area contributed by atoms with Gasteiger partial charge in [-0.15, -0.1) is 37.2 Å². The van der Waals surface area contributed by atoms with Crippen molar-refractivity contribution < 1.29 is 0 Å².